The van der Waals surface area contributed by atoms with E-state index in [1.807, 2.05) is 6.92 Å². The van der Waals surface area contributed by atoms with Gasteiger partial charge in [0.1, 0.15) is 0 Å². The first kappa shape index (κ1) is 15.3. The average Bonchev–Trinajstić information content (AvgIpc) is 2.38. The quantitative estimate of drug-likeness (QED) is 0.909. The van der Waals surface area contributed by atoms with E-state index < -0.39 is 11.7 Å². The molecule has 1 aliphatic heterocycles. The van der Waals surface area contributed by atoms with E-state index in [9.17, 15) is 13.2 Å². The Morgan fingerprint density at radius 2 is 1.95 bits per heavy atom. The Hall–Kier alpha value is -1.07. The number of morpholine rings is 1. The number of ether oxygens (including phenoxy) is 1. The second-order valence-electron chi connectivity index (χ2n) is 5.56. The molecular weight excluding hydrogens is 267 g/mol. The highest BCUT2D eigenvalue weighted by atomic mass is 19.4. The molecule has 1 aromatic carbocycles. The lowest BCUT2D eigenvalue weighted by Gasteiger charge is -2.39. The van der Waals surface area contributed by atoms with Gasteiger partial charge in [0.2, 0.25) is 0 Å². The zero-order valence-corrected chi connectivity index (χ0v) is 11.8. The smallest absolute Gasteiger partial charge is 0.365 e. The Kier molecular flexibility index (Phi) is 4.39. The molecule has 0 aliphatic carbocycles. The highest BCUT2D eigenvalue weighted by molar-refractivity contribution is 5.26. The van der Waals surface area contributed by atoms with Crippen molar-refractivity contribution in [3.05, 3.63) is 35.4 Å². The topological polar surface area (TPSA) is 21.3 Å². The number of hydrogen-bond acceptors (Lipinski definition) is 2. The zero-order chi connectivity index (χ0) is 14.8. The molecule has 20 heavy (non-hydrogen) atoms. The molecule has 112 valence electrons. The Balaban J connectivity index is 2.11. The molecule has 1 aliphatic rings. The van der Waals surface area contributed by atoms with Gasteiger partial charge in [-0.25, -0.2) is 0 Å². The van der Waals surface area contributed by atoms with Crippen LogP contribution in [-0.4, -0.2) is 18.7 Å². The molecule has 5 heteroatoms. The van der Waals surface area contributed by atoms with E-state index in [-0.39, 0.29) is 11.7 Å². The monoisotopic (exact) mass is 287 g/mol. The van der Waals surface area contributed by atoms with E-state index in [1.165, 1.54) is 12.1 Å². The third-order valence-electron chi connectivity index (χ3n) is 3.64. The van der Waals surface area contributed by atoms with Crippen molar-refractivity contribution < 1.29 is 17.9 Å². The van der Waals surface area contributed by atoms with Gasteiger partial charge in [-0.15, -0.1) is 0 Å². The van der Waals surface area contributed by atoms with Crippen LogP contribution in [0.3, 0.4) is 0 Å². The summed E-state index contributed by atoms with van der Waals surface area (Å²) in [6.45, 7) is 5.54. The third kappa shape index (κ3) is 3.52. The predicted molar refractivity (Wildman–Crippen MR) is 71.5 cm³/mol. The van der Waals surface area contributed by atoms with Crippen LogP contribution in [0, 0.1) is 0 Å². The molecule has 1 N–H and O–H groups in total. The van der Waals surface area contributed by atoms with Crippen LogP contribution in [0.25, 0.3) is 0 Å². The first-order valence-corrected chi connectivity index (χ1v) is 6.90. The van der Waals surface area contributed by atoms with E-state index >= 15 is 0 Å². The Bertz CT molecular complexity index is 439. The van der Waals surface area contributed by atoms with Gasteiger partial charge in [-0.3, -0.25) is 0 Å². The molecule has 0 bridgehead atoms. The van der Waals surface area contributed by atoms with Crippen molar-refractivity contribution in [1.29, 1.82) is 0 Å². The van der Waals surface area contributed by atoms with Gasteiger partial charge in [-0.1, -0.05) is 25.5 Å². The molecular formula is C15H20F3NO. The van der Waals surface area contributed by atoms with Crippen molar-refractivity contribution in [1.82, 2.24) is 5.32 Å². The second-order valence-corrected chi connectivity index (χ2v) is 5.56. The number of nitrogens with one attached hydrogen (secondary N) is 1. The fraction of sp³-hybridized carbons (Fsp3) is 0.600. The van der Waals surface area contributed by atoms with E-state index in [4.69, 9.17) is 4.74 Å². The normalized spacial score (nSPS) is 27.6. The minimum atomic E-state index is -4.29. The molecule has 2 nitrogen and oxygen atoms in total. The molecule has 1 fully saturated rings. The first-order chi connectivity index (χ1) is 9.34. The molecule has 0 aromatic heterocycles. The van der Waals surface area contributed by atoms with Crippen LogP contribution in [0.1, 0.15) is 43.9 Å². The SMILES string of the molecule is CCCC1(C)CNCC(c2ccc(C(F)(F)F)cc2)O1. The number of benzene rings is 1. The van der Waals surface area contributed by atoms with Gasteiger partial charge in [-0.2, -0.15) is 13.2 Å². The van der Waals surface area contributed by atoms with Gasteiger partial charge in [0.05, 0.1) is 17.3 Å². The number of halogens is 3. The highest BCUT2D eigenvalue weighted by Crippen LogP contribution is 2.33. The van der Waals surface area contributed by atoms with Gasteiger partial charge in [0.25, 0.3) is 0 Å². The fourth-order valence-corrected chi connectivity index (χ4v) is 2.64. The second kappa shape index (κ2) is 5.74. The summed E-state index contributed by atoms with van der Waals surface area (Å²) in [6, 6.07) is 5.24. The van der Waals surface area contributed by atoms with Gasteiger partial charge >= 0.3 is 6.18 Å². The van der Waals surface area contributed by atoms with E-state index in [0.717, 1.165) is 37.1 Å². The highest BCUT2D eigenvalue weighted by Gasteiger charge is 2.34. The largest absolute Gasteiger partial charge is 0.416 e. The molecule has 2 atom stereocenters. The maximum Gasteiger partial charge on any atom is 0.416 e. The van der Waals surface area contributed by atoms with Crippen molar-refractivity contribution in [2.24, 2.45) is 0 Å². The minimum Gasteiger partial charge on any atom is -0.365 e. The van der Waals surface area contributed by atoms with Crippen molar-refractivity contribution in [2.45, 2.75) is 44.6 Å². The molecule has 1 heterocycles. The minimum absolute atomic E-state index is 0.192. The molecule has 0 spiro atoms. The van der Waals surface area contributed by atoms with Gasteiger partial charge in [-0.05, 0) is 31.0 Å². The van der Waals surface area contributed by atoms with Crippen LogP contribution in [-0.2, 0) is 10.9 Å². The maximum absolute atomic E-state index is 12.5. The predicted octanol–water partition coefficient (Wildman–Crippen LogP) is 3.93. The van der Waals surface area contributed by atoms with Crippen molar-refractivity contribution >= 4 is 0 Å². The van der Waals surface area contributed by atoms with Gasteiger partial charge in [0.15, 0.2) is 0 Å². The summed E-state index contributed by atoms with van der Waals surface area (Å²) in [4.78, 5) is 0. The summed E-state index contributed by atoms with van der Waals surface area (Å²) < 4.78 is 43.7. The Morgan fingerprint density at radius 3 is 2.50 bits per heavy atom. The fourth-order valence-electron chi connectivity index (χ4n) is 2.64. The Morgan fingerprint density at radius 1 is 1.30 bits per heavy atom. The van der Waals surface area contributed by atoms with Gasteiger partial charge < -0.3 is 10.1 Å². The zero-order valence-electron chi connectivity index (χ0n) is 11.8. The molecule has 2 unspecified atom stereocenters. The third-order valence-corrected chi connectivity index (χ3v) is 3.64. The number of hydrogen-bond donors (Lipinski definition) is 1. The molecule has 1 aromatic rings. The standard InChI is InChI=1S/C15H20F3NO/c1-3-8-14(2)10-19-9-13(20-14)11-4-6-12(7-5-11)15(16,17)18/h4-7,13,19H,3,8-10H2,1-2H3. The molecule has 0 saturated carbocycles. The lowest BCUT2D eigenvalue weighted by molar-refractivity contribution is -0.137. The van der Waals surface area contributed by atoms with Crippen molar-refractivity contribution in [3.8, 4) is 0 Å². The number of rotatable bonds is 3. The summed E-state index contributed by atoms with van der Waals surface area (Å²) in [5.41, 5.74) is -0.0887. The van der Waals surface area contributed by atoms with E-state index in [0.29, 0.717) is 6.54 Å². The average molecular weight is 287 g/mol. The molecule has 1 saturated heterocycles. The summed E-state index contributed by atoms with van der Waals surface area (Å²) in [5.74, 6) is 0. The lowest BCUT2D eigenvalue weighted by atomic mass is 9.96. The van der Waals surface area contributed by atoms with Gasteiger partial charge in [0, 0.05) is 13.1 Å². The molecule has 0 amide bonds. The van der Waals surface area contributed by atoms with Crippen LogP contribution < -0.4 is 5.32 Å². The van der Waals surface area contributed by atoms with Crippen LogP contribution in [0.5, 0.6) is 0 Å². The first-order valence-electron chi connectivity index (χ1n) is 6.90. The lowest BCUT2D eigenvalue weighted by Crippen LogP contribution is -2.48. The summed E-state index contributed by atoms with van der Waals surface area (Å²) in [6.07, 6.45) is -2.54. The summed E-state index contributed by atoms with van der Waals surface area (Å²) >= 11 is 0. The van der Waals surface area contributed by atoms with Crippen molar-refractivity contribution in [2.75, 3.05) is 13.1 Å². The Labute approximate surface area is 117 Å². The van der Waals surface area contributed by atoms with Crippen LogP contribution in [0.4, 0.5) is 13.2 Å². The van der Waals surface area contributed by atoms with Crippen LogP contribution >= 0.6 is 0 Å². The summed E-state index contributed by atoms with van der Waals surface area (Å²) in [5, 5.41) is 3.31. The number of alkyl halides is 3. The van der Waals surface area contributed by atoms with E-state index in [2.05, 4.69) is 12.2 Å². The van der Waals surface area contributed by atoms with Crippen LogP contribution in [0.2, 0.25) is 0 Å². The molecule has 0 radical (unpaired) electrons. The molecule has 2 rings (SSSR count). The van der Waals surface area contributed by atoms with E-state index in [1.54, 1.807) is 0 Å². The van der Waals surface area contributed by atoms with Crippen molar-refractivity contribution in [3.63, 3.8) is 0 Å². The maximum atomic E-state index is 12.5. The summed E-state index contributed by atoms with van der Waals surface area (Å²) in [7, 11) is 0. The van der Waals surface area contributed by atoms with Crippen LogP contribution in [0.15, 0.2) is 24.3 Å².